The molecule has 0 saturated heterocycles. The van der Waals surface area contributed by atoms with Crippen LogP contribution in [0.25, 0.3) is 0 Å². The molecular weight excluding hydrogens is 322 g/mol. The third-order valence-electron chi connectivity index (χ3n) is 4.01. The van der Waals surface area contributed by atoms with E-state index in [4.69, 9.17) is 4.74 Å². The summed E-state index contributed by atoms with van der Waals surface area (Å²) in [5.41, 5.74) is 1.42. The van der Waals surface area contributed by atoms with Crippen molar-refractivity contribution in [2.24, 2.45) is 0 Å². The maximum absolute atomic E-state index is 12.2. The molecule has 2 aromatic rings. The van der Waals surface area contributed by atoms with E-state index in [0.29, 0.717) is 37.0 Å². The lowest BCUT2D eigenvalue weighted by Gasteiger charge is -2.28. The maximum Gasteiger partial charge on any atom is 0.271 e. The second-order valence-electron chi connectivity index (χ2n) is 6.11. The van der Waals surface area contributed by atoms with Crippen molar-refractivity contribution in [3.63, 3.8) is 0 Å². The predicted octanol–water partition coefficient (Wildman–Crippen LogP) is -0.00670. The summed E-state index contributed by atoms with van der Waals surface area (Å²) in [6, 6.07) is 1.83. The first-order valence-electron chi connectivity index (χ1n) is 8.18. The summed E-state index contributed by atoms with van der Waals surface area (Å²) in [6.07, 6.45) is 3.25. The minimum absolute atomic E-state index is 0.146. The first-order valence-corrected chi connectivity index (χ1v) is 8.18. The van der Waals surface area contributed by atoms with Crippen LogP contribution in [0.2, 0.25) is 0 Å². The number of ether oxygens (including phenoxy) is 1. The zero-order valence-electron chi connectivity index (χ0n) is 14.8. The van der Waals surface area contributed by atoms with Gasteiger partial charge in [-0.05, 0) is 20.2 Å². The first kappa shape index (κ1) is 17.2. The molecule has 0 fully saturated rings. The van der Waals surface area contributed by atoms with Crippen LogP contribution in [-0.4, -0.2) is 71.4 Å². The molecular formula is C16H23N7O2. The lowest BCUT2D eigenvalue weighted by atomic mass is 10.2. The summed E-state index contributed by atoms with van der Waals surface area (Å²) in [5.74, 6) is 1.05. The number of aromatic nitrogens is 4. The molecule has 3 heterocycles. The standard InChI is InChI=1S/C16H23N7O2/c1-21(2)7-6-18-15(24)13-10-12-11-22(8-9-23(12)20-13)14-16(25-3)19-5-4-17-14/h4-5,10H,6-9,11H2,1-3H3,(H,18,24). The molecule has 0 atom stereocenters. The Balaban J connectivity index is 1.70. The van der Waals surface area contributed by atoms with Crippen molar-refractivity contribution in [2.75, 3.05) is 45.7 Å². The van der Waals surface area contributed by atoms with E-state index >= 15 is 0 Å². The van der Waals surface area contributed by atoms with Crippen LogP contribution < -0.4 is 15.0 Å². The molecule has 3 rings (SSSR count). The fourth-order valence-electron chi connectivity index (χ4n) is 2.72. The van der Waals surface area contributed by atoms with Crippen molar-refractivity contribution in [2.45, 2.75) is 13.1 Å². The highest BCUT2D eigenvalue weighted by Crippen LogP contribution is 2.26. The topological polar surface area (TPSA) is 88.4 Å². The van der Waals surface area contributed by atoms with Crippen LogP contribution in [0.15, 0.2) is 18.5 Å². The van der Waals surface area contributed by atoms with Crippen LogP contribution in [0, 0.1) is 0 Å². The Morgan fingerprint density at radius 1 is 1.32 bits per heavy atom. The largest absolute Gasteiger partial charge is 0.478 e. The molecule has 1 N–H and O–H groups in total. The van der Waals surface area contributed by atoms with Gasteiger partial charge in [0.1, 0.15) is 0 Å². The fraction of sp³-hybridized carbons (Fsp3) is 0.500. The van der Waals surface area contributed by atoms with Crippen molar-refractivity contribution in [3.05, 3.63) is 29.8 Å². The number of carbonyl (C=O) groups is 1. The average Bonchev–Trinajstić information content (AvgIpc) is 3.04. The van der Waals surface area contributed by atoms with E-state index in [2.05, 4.69) is 25.3 Å². The molecule has 9 nitrogen and oxygen atoms in total. The quantitative estimate of drug-likeness (QED) is 0.788. The molecule has 0 unspecified atom stereocenters. The van der Waals surface area contributed by atoms with E-state index in [0.717, 1.165) is 18.8 Å². The van der Waals surface area contributed by atoms with Gasteiger partial charge in [-0.15, -0.1) is 0 Å². The Hall–Kier alpha value is -2.68. The van der Waals surface area contributed by atoms with Crippen molar-refractivity contribution in [1.82, 2.24) is 30.0 Å². The fourth-order valence-corrected chi connectivity index (χ4v) is 2.72. The van der Waals surface area contributed by atoms with Gasteiger partial charge in [0, 0.05) is 32.0 Å². The van der Waals surface area contributed by atoms with Crippen molar-refractivity contribution >= 4 is 11.7 Å². The van der Waals surface area contributed by atoms with Crippen LogP contribution in [0.4, 0.5) is 5.82 Å². The van der Waals surface area contributed by atoms with E-state index in [9.17, 15) is 4.79 Å². The van der Waals surface area contributed by atoms with E-state index in [-0.39, 0.29) is 5.91 Å². The first-order chi connectivity index (χ1) is 12.1. The van der Waals surface area contributed by atoms with E-state index < -0.39 is 0 Å². The van der Waals surface area contributed by atoms with Gasteiger partial charge in [-0.2, -0.15) is 5.10 Å². The number of nitrogens with zero attached hydrogens (tertiary/aromatic N) is 6. The van der Waals surface area contributed by atoms with Crippen LogP contribution in [0.5, 0.6) is 5.88 Å². The predicted molar refractivity (Wildman–Crippen MR) is 92.7 cm³/mol. The minimum atomic E-state index is -0.146. The second kappa shape index (κ2) is 7.47. The smallest absolute Gasteiger partial charge is 0.271 e. The number of anilines is 1. The van der Waals surface area contributed by atoms with Gasteiger partial charge < -0.3 is 19.9 Å². The van der Waals surface area contributed by atoms with Crippen LogP contribution >= 0.6 is 0 Å². The zero-order chi connectivity index (χ0) is 17.8. The van der Waals surface area contributed by atoms with Gasteiger partial charge in [-0.1, -0.05) is 0 Å². The average molecular weight is 345 g/mol. The van der Waals surface area contributed by atoms with Crippen LogP contribution in [0.1, 0.15) is 16.2 Å². The third-order valence-corrected chi connectivity index (χ3v) is 4.01. The van der Waals surface area contributed by atoms with Crippen molar-refractivity contribution in [3.8, 4) is 5.88 Å². The number of rotatable bonds is 6. The molecule has 0 aromatic carbocycles. The molecule has 1 amide bonds. The summed E-state index contributed by atoms with van der Waals surface area (Å²) < 4.78 is 7.16. The lowest BCUT2D eigenvalue weighted by molar-refractivity contribution is 0.0945. The second-order valence-corrected chi connectivity index (χ2v) is 6.11. The maximum atomic E-state index is 12.2. The highest BCUT2D eigenvalue weighted by molar-refractivity contribution is 5.92. The molecule has 1 aliphatic rings. The molecule has 0 radical (unpaired) electrons. The number of hydrogen-bond acceptors (Lipinski definition) is 7. The third kappa shape index (κ3) is 3.87. The lowest BCUT2D eigenvalue weighted by Crippen LogP contribution is -2.34. The van der Waals surface area contributed by atoms with Crippen LogP contribution in [0.3, 0.4) is 0 Å². The Labute approximate surface area is 146 Å². The summed E-state index contributed by atoms with van der Waals surface area (Å²) in [6.45, 7) is 3.40. The van der Waals surface area contributed by atoms with Gasteiger partial charge in [0.05, 0.1) is 25.9 Å². The Bertz CT molecular complexity index is 744. The van der Waals surface area contributed by atoms with Gasteiger partial charge >= 0.3 is 0 Å². The number of amides is 1. The van der Waals surface area contributed by atoms with E-state index in [1.807, 2.05) is 29.7 Å². The monoisotopic (exact) mass is 345 g/mol. The Morgan fingerprint density at radius 3 is 2.88 bits per heavy atom. The summed E-state index contributed by atoms with van der Waals surface area (Å²) >= 11 is 0. The Morgan fingerprint density at radius 2 is 2.12 bits per heavy atom. The van der Waals surface area contributed by atoms with Crippen molar-refractivity contribution in [1.29, 1.82) is 0 Å². The number of hydrogen-bond donors (Lipinski definition) is 1. The van der Waals surface area contributed by atoms with Gasteiger partial charge in [0.25, 0.3) is 11.8 Å². The Kier molecular flexibility index (Phi) is 5.13. The molecule has 25 heavy (non-hydrogen) atoms. The van der Waals surface area contributed by atoms with E-state index in [1.165, 1.54) is 0 Å². The molecule has 0 saturated carbocycles. The number of nitrogens with one attached hydrogen (secondary N) is 1. The summed E-state index contributed by atoms with van der Waals surface area (Å²) in [7, 11) is 5.52. The molecule has 1 aliphatic heterocycles. The van der Waals surface area contributed by atoms with Gasteiger partial charge in [-0.25, -0.2) is 9.97 Å². The number of methoxy groups -OCH3 is 1. The molecule has 0 bridgehead atoms. The minimum Gasteiger partial charge on any atom is -0.478 e. The van der Waals surface area contributed by atoms with Gasteiger partial charge in [0.15, 0.2) is 11.5 Å². The SMILES string of the molecule is COc1nccnc1N1CCn2nc(C(=O)NCCN(C)C)cc2C1. The molecule has 0 spiro atoms. The molecule has 2 aromatic heterocycles. The summed E-state index contributed by atoms with van der Waals surface area (Å²) in [4.78, 5) is 24.9. The number of likely N-dealkylation sites (N-methyl/N-ethyl adjacent to an activating group) is 1. The number of carbonyl (C=O) groups excluding carboxylic acids is 1. The van der Waals surface area contributed by atoms with Crippen molar-refractivity contribution < 1.29 is 9.53 Å². The van der Waals surface area contributed by atoms with E-state index in [1.54, 1.807) is 19.5 Å². The van der Waals surface area contributed by atoms with Crippen LogP contribution in [-0.2, 0) is 13.1 Å². The molecule has 9 heteroatoms. The highest BCUT2D eigenvalue weighted by atomic mass is 16.5. The normalized spacial score (nSPS) is 13.7. The zero-order valence-corrected chi connectivity index (χ0v) is 14.8. The number of fused-ring (bicyclic) bond motifs is 1. The highest BCUT2D eigenvalue weighted by Gasteiger charge is 2.24. The van der Waals surface area contributed by atoms with Gasteiger partial charge in [-0.3, -0.25) is 9.48 Å². The summed E-state index contributed by atoms with van der Waals surface area (Å²) in [5, 5.41) is 7.30. The van der Waals surface area contributed by atoms with Gasteiger partial charge in [0.2, 0.25) is 0 Å². The molecule has 0 aliphatic carbocycles. The molecule has 134 valence electrons.